The highest BCUT2D eigenvalue weighted by atomic mass is 32.2. The molecule has 2 rings (SSSR count). The van der Waals surface area contributed by atoms with E-state index in [0.717, 1.165) is 38.3 Å². The molecule has 1 aliphatic rings. The lowest BCUT2D eigenvalue weighted by Gasteiger charge is -2.27. The van der Waals surface area contributed by atoms with Crippen LogP contribution < -0.4 is 11.1 Å². The van der Waals surface area contributed by atoms with Crippen molar-refractivity contribution in [1.82, 2.24) is 10.2 Å². The lowest BCUT2D eigenvalue weighted by molar-refractivity contribution is 0.233. The van der Waals surface area contributed by atoms with Gasteiger partial charge < -0.3 is 11.1 Å². The molecule has 3 N–H and O–H groups in total. The summed E-state index contributed by atoms with van der Waals surface area (Å²) in [4.78, 5) is 2.53. The van der Waals surface area contributed by atoms with Crippen molar-refractivity contribution in [2.24, 2.45) is 0 Å². The van der Waals surface area contributed by atoms with E-state index in [0.29, 0.717) is 5.69 Å². The predicted octanol–water partition coefficient (Wildman–Crippen LogP) is 0.0775. The molecule has 0 aliphatic carbocycles. The minimum atomic E-state index is -3.25. The lowest BCUT2D eigenvalue weighted by atomic mass is 10.2. The summed E-state index contributed by atoms with van der Waals surface area (Å²) < 4.78 is 23.2. The third kappa shape index (κ3) is 3.22. The first-order valence-corrected chi connectivity index (χ1v) is 7.87. The summed E-state index contributed by atoms with van der Waals surface area (Å²) in [6, 6.07) is 5.26. The van der Waals surface area contributed by atoms with Crippen LogP contribution in [0.4, 0.5) is 5.69 Å². The Morgan fingerprint density at radius 1 is 1.33 bits per heavy atom. The van der Waals surface area contributed by atoms with E-state index < -0.39 is 9.84 Å². The molecule has 1 aliphatic heterocycles. The Labute approximate surface area is 108 Å². The second-order valence-electron chi connectivity index (χ2n) is 4.67. The van der Waals surface area contributed by atoms with Gasteiger partial charge >= 0.3 is 0 Å². The van der Waals surface area contributed by atoms with Crippen LogP contribution >= 0.6 is 0 Å². The molecule has 1 fully saturated rings. The van der Waals surface area contributed by atoms with Crippen molar-refractivity contribution in [3.63, 3.8) is 0 Å². The smallest absolute Gasteiger partial charge is 0.177 e. The molecule has 5 nitrogen and oxygen atoms in total. The largest absolute Gasteiger partial charge is 0.398 e. The van der Waals surface area contributed by atoms with Crippen molar-refractivity contribution in [2.75, 3.05) is 38.2 Å². The van der Waals surface area contributed by atoms with E-state index in [1.165, 1.54) is 6.26 Å². The molecular weight excluding hydrogens is 250 g/mol. The van der Waals surface area contributed by atoms with E-state index >= 15 is 0 Å². The molecule has 6 heteroatoms. The maximum atomic E-state index is 11.6. The lowest BCUT2D eigenvalue weighted by Crippen LogP contribution is -2.42. The normalized spacial score (nSPS) is 17.8. The van der Waals surface area contributed by atoms with Crippen LogP contribution in [0.2, 0.25) is 0 Å². The standard InChI is InChI=1S/C12H19N3O2S/c1-18(16,17)12-8-10(2-3-11(12)13)9-15-6-4-14-5-7-15/h2-3,8,14H,4-7,9,13H2,1H3. The maximum Gasteiger partial charge on any atom is 0.177 e. The number of hydrogen-bond donors (Lipinski definition) is 2. The highest BCUT2D eigenvalue weighted by Gasteiger charge is 2.14. The maximum absolute atomic E-state index is 11.6. The number of sulfone groups is 1. The highest BCUT2D eigenvalue weighted by molar-refractivity contribution is 7.90. The molecule has 18 heavy (non-hydrogen) atoms. The van der Waals surface area contributed by atoms with Gasteiger partial charge in [0, 0.05) is 39.0 Å². The van der Waals surface area contributed by atoms with Gasteiger partial charge in [0.1, 0.15) is 0 Å². The van der Waals surface area contributed by atoms with Crippen LogP contribution in [0.3, 0.4) is 0 Å². The number of anilines is 1. The van der Waals surface area contributed by atoms with Crippen molar-refractivity contribution in [3.8, 4) is 0 Å². The first-order chi connectivity index (χ1) is 8.47. The fourth-order valence-electron chi connectivity index (χ4n) is 2.13. The van der Waals surface area contributed by atoms with Crippen molar-refractivity contribution in [3.05, 3.63) is 23.8 Å². The molecule has 0 spiro atoms. The molecule has 1 aromatic rings. The SMILES string of the molecule is CS(=O)(=O)c1cc(CN2CCNCC2)ccc1N. The van der Waals surface area contributed by atoms with Gasteiger partial charge in [-0.25, -0.2) is 8.42 Å². The highest BCUT2D eigenvalue weighted by Crippen LogP contribution is 2.20. The number of benzene rings is 1. The van der Waals surface area contributed by atoms with E-state index in [9.17, 15) is 8.42 Å². The molecule has 0 saturated carbocycles. The average Bonchev–Trinajstić information content (AvgIpc) is 2.31. The minimum Gasteiger partial charge on any atom is -0.398 e. The molecule has 0 aromatic heterocycles. The summed E-state index contributed by atoms with van der Waals surface area (Å²) in [5.74, 6) is 0. The molecule has 0 bridgehead atoms. The van der Waals surface area contributed by atoms with Gasteiger partial charge in [0.05, 0.1) is 10.6 Å². The molecule has 100 valence electrons. The van der Waals surface area contributed by atoms with Gasteiger partial charge in [-0.2, -0.15) is 0 Å². The van der Waals surface area contributed by atoms with Crippen LogP contribution in [0.15, 0.2) is 23.1 Å². The molecule has 0 amide bonds. The van der Waals surface area contributed by atoms with Gasteiger partial charge in [0.15, 0.2) is 9.84 Å². The number of rotatable bonds is 3. The minimum absolute atomic E-state index is 0.232. The summed E-state index contributed by atoms with van der Waals surface area (Å²) in [6.07, 6.45) is 1.19. The van der Waals surface area contributed by atoms with Crippen LogP contribution in [-0.2, 0) is 16.4 Å². The Morgan fingerprint density at radius 2 is 2.00 bits per heavy atom. The number of piperazine rings is 1. The van der Waals surface area contributed by atoms with Crippen molar-refractivity contribution < 1.29 is 8.42 Å². The summed E-state index contributed by atoms with van der Waals surface area (Å²) >= 11 is 0. The van der Waals surface area contributed by atoms with E-state index in [4.69, 9.17) is 5.73 Å². The van der Waals surface area contributed by atoms with Crippen LogP contribution in [0.5, 0.6) is 0 Å². The van der Waals surface area contributed by atoms with Gasteiger partial charge in [-0.3, -0.25) is 4.90 Å². The predicted molar refractivity (Wildman–Crippen MR) is 72.1 cm³/mol. The Bertz CT molecular complexity index is 522. The van der Waals surface area contributed by atoms with Gasteiger partial charge in [0.2, 0.25) is 0 Å². The third-order valence-corrected chi connectivity index (χ3v) is 4.25. The quantitative estimate of drug-likeness (QED) is 0.760. The topological polar surface area (TPSA) is 75.4 Å². The molecule has 0 radical (unpaired) electrons. The summed E-state index contributed by atoms with van der Waals surface area (Å²) in [5, 5.41) is 3.29. The van der Waals surface area contributed by atoms with Crippen molar-refractivity contribution in [2.45, 2.75) is 11.4 Å². The number of nitrogens with one attached hydrogen (secondary N) is 1. The van der Waals surface area contributed by atoms with Crippen LogP contribution in [0.25, 0.3) is 0 Å². The van der Waals surface area contributed by atoms with Crippen LogP contribution in [0.1, 0.15) is 5.56 Å². The average molecular weight is 269 g/mol. The second-order valence-corrected chi connectivity index (χ2v) is 6.65. The number of nitrogens with zero attached hydrogens (tertiary/aromatic N) is 1. The first kappa shape index (κ1) is 13.3. The summed E-state index contributed by atoms with van der Waals surface area (Å²) in [5.41, 5.74) is 7.02. The molecular formula is C12H19N3O2S. The molecule has 1 heterocycles. The van der Waals surface area contributed by atoms with E-state index in [1.807, 2.05) is 6.07 Å². The molecule has 0 atom stereocenters. The summed E-state index contributed by atoms with van der Waals surface area (Å²) in [7, 11) is -3.25. The first-order valence-electron chi connectivity index (χ1n) is 5.98. The molecule has 1 saturated heterocycles. The molecule has 0 unspecified atom stereocenters. The zero-order valence-electron chi connectivity index (χ0n) is 10.5. The van der Waals surface area contributed by atoms with Crippen LogP contribution in [0, 0.1) is 0 Å². The second kappa shape index (κ2) is 5.26. The van der Waals surface area contributed by atoms with Crippen molar-refractivity contribution >= 4 is 15.5 Å². The Hall–Kier alpha value is -1.11. The Balaban J connectivity index is 2.19. The zero-order chi connectivity index (χ0) is 13.2. The van der Waals surface area contributed by atoms with E-state index in [1.54, 1.807) is 12.1 Å². The van der Waals surface area contributed by atoms with Gasteiger partial charge in [0.25, 0.3) is 0 Å². The fourth-order valence-corrected chi connectivity index (χ4v) is 2.99. The number of hydrogen-bond acceptors (Lipinski definition) is 5. The Morgan fingerprint density at radius 3 is 2.61 bits per heavy atom. The third-order valence-electron chi connectivity index (χ3n) is 3.09. The van der Waals surface area contributed by atoms with E-state index in [-0.39, 0.29) is 4.90 Å². The number of nitrogen functional groups attached to an aromatic ring is 1. The zero-order valence-corrected chi connectivity index (χ0v) is 11.3. The summed E-state index contributed by atoms with van der Waals surface area (Å²) in [6.45, 7) is 4.70. The van der Waals surface area contributed by atoms with Gasteiger partial charge in [-0.15, -0.1) is 0 Å². The Kier molecular flexibility index (Phi) is 3.89. The van der Waals surface area contributed by atoms with E-state index in [2.05, 4.69) is 10.2 Å². The van der Waals surface area contributed by atoms with Crippen LogP contribution in [-0.4, -0.2) is 45.8 Å². The monoisotopic (exact) mass is 269 g/mol. The van der Waals surface area contributed by atoms with Gasteiger partial charge in [-0.1, -0.05) is 6.07 Å². The number of nitrogens with two attached hydrogens (primary N) is 1. The van der Waals surface area contributed by atoms with Gasteiger partial charge in [-0.05, 0) is 17.7 Å². The molecule has 1 aromatic carbocycles. The van der Waals surface area contributed by atoms with Crippen molar-refractivity contribution in [1.29, 1.82) is 0 Å². The fraction of sp³-hybridized carbons (Fsp3) is 0.500.